The molecule has 4 rings (SSSR count). The zero-order valence-electron chi connectivity index (χ0n) is 16.3. The number of hydrogen-bond donors (Lipinski definition) is 1. The standard InChI is InChI=1S/C25H22N2OS/c1-18-11-14-21(15-12-18)23-17-29-25(26-23)27-24(28)22-10-6-5-9-20(22)16-13-19-7-3-2-4-8-19/h2-12,14-15,17H,13,16H2,1H3,(H,26,27,28). The molecule has 144 valence electrons. The molecule has 1 aromatic heterocycles. The van der Waals surface area contributed by atoms with Crippen LogP contribution in [-0.4, -0.2) is 10.9 Å². The number of carbonyl (C=O) groups is 1. The van der Waals surface area contributed by atoms with E-state index < -0.39 is 0 Å². The molecular weight excluding hydrogens is 376 g/mol. The van der Waals surface area contributed by atoms with Crippen LogP contribution in [0.25, 0.3) is 11.3 Å². The molecule has 0 radical (unpaired) electrons. The number of benzene rings is 3. The Morgan fingerprint density at radius 3 is 2.41 bits per heavy atom. The number of carbonyl (C=O) groups excluding carboxylic acids is 1. The normalized spacial score (nSPS) is 10.7. The van der Waals surface area contributed by atoms with Gasteiger partial charge < -0.3 is 0 Å². The number of thiazole rings is 1. The SMILES string of the molecule is Cc1ccc(-c2csc(NC(=O)c3ccccc3CCc3ccccc3)n2)cc1. The van der Waals surface area contributed by atoms with Crippen LogP contribution in [0.5, 0.6) is 0 Å². The van der Waals surface area contributed by atoms with Crippen molar-refractivity contribution in [2.24, 2.45) is 0 Å². The zero-order chi connectivity index (χ0) is 20.1. The summed E-state index contributed by atoms with van der Waals surface area (Å²) in [6.07, 6.45) is 1.72. The van der Waals surface area contributed by atoms with Gasteiger partial charge in [0, 0.05) is 16.5 Å². The van der Waals surface area contributed by atoms with Crippen molar-refractivity contribution in [1.29, 1.82) is 0 Å². The van der Waals surface area contributed by atoms with Gasteiger partial charge in [-0.15, -0.1) is 11.3 Å². The van der Waals surface area contributed by atoms with Gasteiger partial charge in [-0.3, -0.25) is 10.1 Å². The molecule has 3 nitrogen and oxygen atoms in total. The molecule has 0 saturated heterocycles. The van der Waals surface area contributed by atoms with Crippen LogP contribution in [0.1, 0.15) is 27.0 Å². The monoisotopic (exact) mass is 398 g/mol. The topological polar surface area (TPSA) is 42.0 Å². The molecule has 0 atom stereocenters. The molecule has 1 heterocycles. The summed E-state index contributed by atoms with van der Waals surface area (Å²) in [7, 11) is 0. The van der Waals surface area contributed by atoms with E-state index in [2.05, 4.69) is 53.6 Å². The van der Waals surface area contributed by atoms with E-state index in [1.54, 1.807) is 0 Å². The molecule has 0 aliphatic rings. The first-order valence-corrected chi connectivity index (χ1v) is 10.5. The molecule has 3 aromatic carbocycles. The molecule has 0 aliphatic heterocycles. The summed E-state index contributed by atoms with van der Waals surface area (Å²) in [6, 6.07) is 26.4. The fourth-order valence-corrected chi connectivity index (χ4v) is 3.95. The van der Waals surface area contributed by atoms with Crippen molar-refractivity contribution in [3.63, 3.8) is 0 Å². The van der Waals surface area contributed by atoms with Crippen molar-refractivity contribution in [2.75, 3.05) is 5.32 Å². The zero-order valence-corrected chi connectivity index (χ0v) is 17.1. The van der Waals surface area contributed by atoms with Gasteiger partial charge in [0.1, 0.15) is 0 Å². The quantitative estimate of drug-likeness (QED) is 0.423. The molecule has 0 fully saturated rings. The largest absolute Gasteiger partial charge is 0.298 e. The second-order valence-electron chi connectivity index (χ2n) is 7.00. The fourth-order valence-electron chi connectivity index (χ4n) is 3.24. The lowest BCUT2D eigenvalue weighted by Gasteiger charge is -2.09. The van der Waals surface area contributed by atoms with Gasteiger partial charge >= 0.3 is 0 Å². The van der Waals surface area contributed by atoms with Gasteiger partial charge in [0.2, 0.25) is 0 Å². The van der Waals surface area contributed by atoms with Crippen molar-refractivity contribution in [2.45, 2.75) is 19.8 Å². The molecule has 1 amide bonds. The first-order valence-electron chi connectivity index (χ1n) is 9.65. The number of aryl methyl sites for hydroxylation is 3. The predicted octanol–water partition coefficient (Wildman–Crippen LogP) is 6.16. The van der Waals surface area contributed by atoms with Crippen LogP contribution < -0.4 is 5.32 Å². The molecule has 1 N–H and O–H groups in total. The highest BCUT2D eigenvalue weighted by atomic mass is 32.1. The highest BCUT2D eigenvalue weighted by Crippen LogP contribution is 2.26. The summed E-state index contributed by atoms with van der Waals surface area (Å²) in [5.41, 5.74) is 6.16. The number of hydrogen-bond acceptors (Lipinski definition) is 3. The van der Waals surface area contributed by atoms with Crippen LogP contribution in [0, 0.1) is 6.92 Å². The van der Waals surface area contributed by atoms with Gasteiger partial charge in [0.25, 0.3) is 5.91 Å². The Balaban J connectivity index is 1.47. The minimum atomic E-state index is -0.113. The third kappa shape index (κ3) is 4.79. The molecule has 0 saturated carbocycles. The number of nitrogens with zero attached hydrogens (tertiary/aromatic N) is 1. The maximum Gasteiger partial charge on any atom is 0.257 e. The molecule has 29 heavy (non-hydrogen) atoms. The Hall–Kier alpha value is -3.24. The van der Waals surface area contributed by atoms with Gasteiger partial charge in [0.05, 0.1) is 5.69 Å². The van der Waals surface area contributed by atoms with E-state index in [4.69, 9.17) is 0 Å². The van der Waals surface area contributed by atoms with Gasteiger partial charge in [0.15, 0.2) is 5.13 Å². The van der Waals surface area contributed by atoms with Crippen LogP contribution in [-0.2, 0) is 12.8 Å². The van der Waals surface area contributed by atoms with E-state index in [0.29, 0.717) is 10.7 Å². The summed E-state index contributed by atoms with van der Waals surface area (Å²) in [5.74, 6) is -0.113. The first-order chi connectivity index (χ1) is 14.2. The minimum absolute atomic E-state index is 0.113. The Labute approximate surface area is 175 Å². The van der Waals surface area contributed by atoms with Gasteiger partial charge in [-0.25, -0.2) is 4.98 Å². The lowest BCUT2D eigenvalue weighted by Crippen LogP contribution is -2.14. The number of amides is 1. The van der Waals surface area contributed by atoms with E-state index in [-0.39, 0.29) is 5.91 Å². The van der Waals surface area contributed by atoms with Crippen molar-refractivity contribution in [1.82, 2.24) is 4.98 Å². The molecule has 0 unspecified atom stereocenters. The van der Waals surface area contributed by atoms with Crippen LogP contribution >= 0.6 is 11.3 Å². The van der Waals surface area contributed by atoms with E-state index >= 15 is 0 Å². The first kappa shape index (κ1) is 19.1. The van der Waals surface area contributed by atoms with Crippen LogP contribution in [0.4, 0.5) is 5.13 Å². The molecule has 0 aliphatic carbocycles. The Kier molecular flexibility index (Phi) is 5.82. The number of rotatable bonds is 6. The van der Waals surface area contributed by atoms with Gasteiger partial charge in [-0.2, -0.15) is 0 Å². The van der Waals surface area contributed by atoms with Crippen LogP contribution in [0.3, 0.4) is 0 Å². The van der Waals surface area contributed by atoms with E-state index in [0.717, 1.165) is 29.7 Å². The van der Waals surface area contributed by atoms with E-state index in [1.165, 1.54) is 22.5 Å². The second-order valence-corrected chi connectivity index (χ2v) is 7.86. The number of nitrogens with one attached hydrogen (secondary N) is 1. The average Bonchev–Trinajstić information content (AvgIpc) is 3.22. The molecule has 0 bridgehead atoms. The minimum Gasteiger partial charge on any atom is -0.298 e. The maximum atomic E-state index is 12.9. The van der Waals surface area contributed by atoms with Crippen molar-refractivity contribution < 1.29 is 4.79 Å². The fraction of sp³-hybridized carbons (Fsp3) is 0.120. The highest BCUT2D eigenvalue weighted by Gasteiger charge is 2.13. The molecule has 4 heteroatoms. The smallest absolute Gasteiger partial charge is 0.257 e. The third-order valence-electron chi connectivity index (χ3n) is 4.86. The summed E-state index contributed by atoms with van der Waals surface area (Å²) in [6.45, 7) is 2.06. The summed E-state index contributed by atoms with van der Waals surface area (Å²) in [4.78, 5) is 17.5. The Morgan fingerprint density at radius 2 is 1.62 bits per heavy atom. The van der Waals surface area contributed by atoms with Gasteiger partial charge in [-0.1, -0.05) is 78.4 Å². The summed E-state index contributed by atoms with van der Waals surface area (Å²) >= 11 is 1.44. The number of anilines is 1. The van der Waals surface area contributed by atoms with Gasteiger partial charge in [-0.05, 0) is 37.0 Å². The lowest BCUT2D eigenvalue weighted by molar-refractivity contribution is 0.102. The molecular formula is C25H22N2OS. The van der Waals surface area contributed by atoms with E-state index in [1.807, 2.05) is 47.8 Å². The molecule has 0 spiro atoms. The Morgan fingerprint density at radius 1 is 0.897 bits per heavy atom. The van der Waals surface area contributed by atoms with E-state index in [9.17, 15) is 4.79 Å². The van der Waals surface area contributed by atoms with Crippen molar-refractivity contribution in [3.8, 4) is 11.3 Å². The van der Waals surface area contributed by atoms with Crippen LogP contribution in [0.2, 0.25) is 0 Å². The van der Waals surface area contributed by atoms with Crippen molar-refractivity contribution in [3.05, 3.63) is 106 Å². The summed E-state index contributed by atoms with van der Waals surface area (Å²) < 4.78 is 0. The van der Waals surface area contributed by atoms with Crippen molar-refractivity contribution >= 4 is 22.4 Å². The second kappa shape index (κ2) is 8.84. The summed E-state index contributed by atoms with van der Waals surface area (Å²) in [5, 5.41) is 5.55. The lowest BCUT2D eigenvalue weighted by atomic mass is 9.99. The molecule has 4 aromatic rings. The third-order valence-corrected chi connectivity index (χ3v) is 5.62. The highest BCUT2D eigenvalue weighted by molar-refractivity contribution is 7.14. The average molecular weight is 399 g/mol. The maximum absolute atomic E-state index is 12.9. The Bertz CT molecular complexity index is 1100. The van der Waals surface area contributed by atoms with Crippen LogP contribution in [0.15, 0.2) is 84.2 Å². The number of aromatic nitrogens is 1. The predicted molar refractivity (Wildman–Crippen MR) is 121 cm³/mol.